The monoisotopic (exact) mass is 484 g/mol. The summed E-state index contributed by atoms with van der Waals surface area (Å²) in [5, 5.41) is 2.69. The number of carbonyl (C=O) groups is 3. The van der Waals surface area contributed by atoms with Crippen LogP contribution in [-0.4, -0.2) is 66.3 Å². The fraction of sp³-hybridized carbons (Fsp3) is 0.625. The summed E-state index contributed by atoms with van der Waals surface area (Å²) >= 11 is 0. The van der Waals surface area contributed by atoms with Crippen LogP contribution in [-0.2, 0) is 30.3 Å². The Balaban J connectivity index is 1.88. The molecular weight excluding hydrogens is 453 g/mol. The Morgan fingerprint density at radius 3 is 2.26 bits per heavy atom. The summed E-state index contributed by atoms with van der Waals surface area (Å²) in [6.45, 7) is 5.14. The van der Waals surface area contributed by atoms with E-state index in [0.29, 0.717) is 0 Å². The number of esters is 1. The zero-order valence-electron chi connectivity index (χ0n) is 19.8. The molecule has 2 amide bonds. The first kappa shape index (κ1) is 26.0. The van der Waals surface area contributed by atoms with E-state index in [1.807, 2.05) is 6.07 Å². The summed E-state index contributed by atoms with van der Waals surface area (Å²) in [6, 6.07) is 6.88. The van der Waals surface area contributed by atoms with Gasteiger partial charge in [-0.15, -0.1) is 0 Å². The molecule has 1 aliphatic heterocycles. The standard InChI is InChI=1S/C24H31F3N2O5/c1-22(2,3)34-17-10-13-29(21(32)24(25,26)27)18(17)23(11-12-23)20(31)28-16(19(30)33-4)14-15-8-6-5-7-9-15/h5-9,16-18H,10-14H2,1-4H3,(H,28,31)/t16-,17-,18-/m0/s1. The second kappa shape index (κ2) is 9.56. The first-order chi connectivity index (χ1) is 15.8. The van der Waals surface area contributed by atoms with Crippen molar-refractivity contribution in [2.75, 3.05) is 13.7 Å². The number of halogens is 3. The van der Waals surface area contributed by atoms with Crippen molar-refractivity contribution in [3.05, 3.63) is 35.9 Å². The number of methoxy groups -OCH3 is 1. The third-order valence-corrected chi connectivity index (χ3v) is 6.23. The quantitative estimate of drug-likeness (QED) is 0.602. The Morgan fingerprint density at radius 1 is 1.15 bits per heavy atom. The van der Waals surface area contributed by atoms with Gasteiger partial charge in [0.15, 0.2) is 0 Å². The predicted octanol–water partition coefficient (Wildman–Crippen LogP) is 3.01. The van der Waals surface area contributed by atoms with Gasteiger partial charge in [-0.2, -0.15) is 13.2 Å². The van der Waals surface area contributed by atoms with Crippen molar-refractivity contribution in [2.45, 2.75) is 76.4 Å². The molecule has 34 heavy (non-hydrogen) atoms. The molecule has 7 nitrogen and oxygen atoms in total. The van der Waals surface area contributed by atoms with Crippen LogP contribution in [0.15, 0.2) is 30.3 Å². The van der Waals surface area contributed by atoms with E-state index in [9.17, 15) is 27.6 Å². The zero-order chi connectivity index (χ0) is 25.3. The lowest BCUT2D eigenvalue weighted by atomic mass is 9.89. The number of hydrogen-bond acceptors (Lipinski definition) is 5. The molecule has 1 saturated carbocycles. The van der Waals surface area contributed by atoms with Crippen LogP contribution in [0.5, 0.6) is 0 Å². The molecule has 0 radical (unpaired) electrons. The lowest BCUT2D eigenvalue weighted by molar-refractivity contribution is -0.190. The van der Waals surface area contributed by atoms with Gasteiger partial charge < -0.3 is 19.7 Å². The average Bonchev–Trinajstić information content (AvgIpc) is 3.46. The molecule has 1 heterocycles. The van der Waals surface area contributed by atoms with E-state index < -0.39 is 53.2 Å². The Bertz CT molecular complexity index is 909. The lowest BCUT2D eigenvalue weighted by Crippen LogP contribution is -2.57. The van der Waals surface area contributed by atoms with Gasteiger partial charge in [0.05, 0.1) is 30.3 Å². The van der Waals surface area contributed by atoms with Gasteiger partial charge >= 0.3 is 18.1 Å². The molecule has 3 rings (SSSR count). The van der Waals surface area contributed by atoms with Crippen LogP contribution in [0.4, 0.5) is 13.2 Å². The molecule has 188 valence electrons. The average molecular weight is 485 g/mol. The van der Waals surface area contributed by atoms with Gasteiger partial charge in [0.2, 0.25) is 5.91 Å². The van der Waals surface area contributed by atoms with Crippen LogP contribution in [0, 0.1) is 5.41 Å². The van der Waals surface area contributed by atoms with Crippen molar-refractivity contribution >= 4 is 17.8 Å². The fourth-order valence-electron chi connectivity index (χ4n) is 4.67. The van der Waals surface area contributed by atoms with Crippen molar-refractivity contribution in [3.63, 3.8) is 0 Å². The number of hydrogen-bond donors (Lipinski definition) is 1. The predicted molar refractivity (Wildman–Crippen MR) is 117 cm³/mol. The van der Waals surface area contributed by atoms with E-state index in [1.165, 1.54) is 7.11 Å². The van der Waals surface area contributed by atoms with Gasteiger partial charge in [-0.25, -0.2) is 4.79 Å². The molecule has 1 N–H and O–H groups in total. The van der Waals surface area contributed by atoms with Gasteiger partial charge in [-0.05, 0) is 45.6 Å². The Hall–Kier alpha value is -2.62. The number of amides is 2. The van der Waals surface area contributed by atoms with E-state index in [1.54, 1.807) is 45.0 Å². The zero-order valence-corrected chi connectivity index (χ0v) is 19.8. The van der Waals surface area contributed by atoms with Crippen LogP contribution in [0.2, 0.25) is 0 Å². The van der Waals surface area contributed by atoms with Crippen LogP contribution >= 0.6 is 0 Å². The van der Waals surface area contributed by atoms with Gasteiger partial charge in [0.25, 0.3) is 0 Å². The van der Waals surface area contributed by atoms with Gasteiger partial charge in [-0.3, -0.25) is 9.59 Å². The number of likely N-dealkylation sites (tertiary alicyclic amines) is 1. The second-order valence-electron chi connectivity index (χ2n) is 9.89. The summed E-state index contributed by atoms with van der Waals surface area (Å²) in [5.41, 5.74) is -1.17. The van der Waals surface area contributed by atoms with Crippen molar-refractivity contribution < 1.29 is 37.0 Å². The van der Waals surface area contributed by atoms with Crippen molar-refractivity contribution in [2.24, 2.45) is 5.41 Å². The smallest absolute Gasteiger partial charge is 0.467 e. The lowest BCUT2D eigenvalue weighted by Gasteiger charge is -2.37. The number of alkyl halides is 3. The number of rotatable bonds is 7. The SMILES string of the molecule is COC(=O)[C@H](Cc1ccccc1)NC(=O)C1([C@@H]2[C@@H](OC(C)(C)C)CCN2C(=O)C(F)(F)F)CC1. The number of benzene rings is 1. The van der Waals surface area contributed by atoms with Crippen molar-refractivity contribution in [1.82, 2.24) is 10.2 Å². The number of carbonyl (C=O) groups excluding carboxylic acids is 3. The maximum Gasteiger partial charge on any atom is 0.471 e. The van der Waals surface area contributed by atoms with Crippen molar-refractivity contribution in [3.8, 4) is 0 Å². The molecule has 1 aromatic carbocycles. The minimum Gasteiger partial charge on any atom is -0.467 e. The molecule has 0 unspecified atom stereocenters. The summed E-state index contributed by atoms with van der Waals surface area (Å²) in [7, 11) is 1.20. The highest BCUT2D eigenvalue weighted by molar-refractivity contribution is 5.92. The number of nitrogens with zero attached hydrogens (tertiary/aromatic N) is 1. The van der Waals surface area contributed by atoms with E-state index in [4.69, 9.17) is 9.47 Å². The molecule has 2 fully saturated rings. The molecule has 1 aliphatic carbocycles. The summed E-state index contributed by atoms with van der Waals surface area (Å²) in [5.74, 6) is -3.22. The first-order valence-electron chi connectivity index (χ1n) is 11.3. The molecule has 3 atom stereocenters. The minimum atomic E-state index is -5.07. The third kappa shape index (κ3) is 5.71. The minimum absolute atomic E-state index is 0.160. The normalized spacial score (nSPS) is 22.7. The Morgan fingerprint density at radius 2 is 1.76 bits per heavy atom. The molecule has 10 heteroatoms. The van der Waals surface area contributed by atoms with Gasteiger partial charge in [0, 0.05) is 13.0 Å². The van der Waals surface area contributed by atoms with Crippen molar-refractivity contribution in [1.29, 1.82) is 0 Å². The van der Waals surface area contributed by atoms with Crippen LogP contribution in [0.25, 0.3) is 0 Å². The Labute approximate surface area is 197 Å². The highest BCUT2D eigenvalue weighted by atomic mass is 19.4. The number of ether oxygens (including phenoxy) is 2. The highest BCUT2D eigenvalue weighted by Gasteiger charge is 2.65. The fourth-order valence-corrected chi connectivity index (χ4v) is 4.67. The number of nitrogens with one attached hydrogen (secondary N) is 1. The van der Waals surface area contributed by atoms with E-state index in [2.05, 4.69) is 5.32 Å². The summed E-state index contributed by atoms with van der Waals surface area (Å²) in [6.07, 6.45) is -4.90. The molecule has 0 spiro atoms. The van der Waals surface area contributed by atoms with E-state index in [-0.39, 0.29) is 32.2 Å². The molecular formula is C24H31F3N2O5. The first-order valence-corrected chi connectivity index (χ1v) is 11.3. The Kier molecular flexibility index (Phi) is 7.31. The summed E-state index contributed by atoms with van der Waals surface area (Å²) in [4.78, 5) is 38.8. The largest absolute Gasteiger partial charge is 0.471 e. The molecule has 1 aromatic rings. The molecule has 2 aliphatic rings. The van der Waals surface area contributed by atoms with Crippen LogP contribution in [0.1, 0.15) is 45.6 Å². The molecule has 0 aromatic heterocycles. The van der Waals surface area contributed by atoms with Crippen LogP contribution in [0.3, 0.4) is 0 Å². The van der Waals surface area contributed by atoms with Gasteiger partial charge in [-0.1, -0.05) is 30.3 Å². The van der Waals surface area contributed by atoms with E-state index >= 15 is 0 Å². The summed E-state index contributed by atoms with van der Waals surface area (Å²) < 4.78 is 50.9. The van der Waals surface area contributed by atoms with E-state index in [0.717, 1.165) is 10.5 Å². The topological polar surface area (TPSA) is 84.9 Å². The maximum absolute atomic E-state index is 13.5. The second-order valence-corrected chi connectivity index (χ2v) is 9.89. The maximum atomic E-state index is 13.5. The molecule has 0 bridgehead atoms. The third-order valence-electron chi connectivity index (χ3n) is 6.23. The van der Waals surface area contributed by atoms with Crippen LogP contribution < -0.4 is 5.32 Å². The molecule has 1 saturated heterocycles. The van der Waals surface area contributed by atoms with Gasteiger partial charge in [0.1, 0.15) is 6.04 Å². The highest BCUT2D eigenvalue weighted by Crippen LogP contribution is 2.55.